The molecule has 0 spiro atoms. The van der Waals surface area contributed by atoms with Crippen LogP contribution < -0.4 is 5.32 Å². The van der Waals surface area contributed by atoms with Crippen molar-refractivity contribution >= 4 is 16.7 Å². The first-order chi connectivity index (χ1) is 10.2. The summed E-state index contributed by atoms with van der Waals surface area (Å²) in [7, 11) is 0. The predicted molar refractivity (Wildman–Crippen MR) is 85.8 cm³/mol. The summed E-state index contributed by atoms with van der Waals surface area (Å²) in [5.74, 6) is 1.33. The Balaban J connectivity index is 1.89. The third-order valence-corrected chi connectivity index (χ3v) is 3.78. The minimum absolute atomic E-state index is 0.313. The molecule has 3 nitrogen and oxygen atoms in total. The number of hydrogen-bond donors (Lipinski definition) is 2. The lowest BCUT2D eigenvalue weighted by molar-refractivity contribution is 0.471. The van der Waals surface area contributed by atoms with Crippen molar-refractivity contribution in [3.05, 3.63) is 59.4 Å². The summed E-state index contributed by atoms with van der Waals surface area (Å²) in [5.41, 5.74) is 3.90. The lowest BCUT2D eigenvalue weighted by atomic mass is 10.1. The molecule has 3 aromatic rings. The molecule has 108 valence electrons. The summed E-state index contributed by atoms with van der Waals surface area (Å²) in [4.78, 5) is 0. The van der Waals surface area contributed by atoms with Crippen LogP contribution in [-0.2, 0) is 13.0 Å². The van der Waals surface area contributed by atoms with Gasteiger partial charge in [-0.1, -0.05) is 31.2 Å². The smallest absolute Gasteiger partial charge is 0.134 e. The van der Waals surface area contributed by atoms with Crippen LogP contribution >= 0.6 is 0 Å². The molecule has 0 fully saturated rings. The number of aryl methyl sites for hydroxylation is 2. The van der Waals surface area contributed by atoms with Crippen molar-refractivity contribution in [2.24, 2.45) is 0 Å². The average molecular weight is 281 g/mol. The molecule has 3 heteroatoms. The zero-order chi connectivity index (χ0) is 14.8. The van der Waals surface area contributed by atoms with Gasteiger partial charge in [-0.3, -0.25) is 0 Å². The van der Waals surface area contributed by atoms with Crippen LogP contribution in [0.3, 0.4) is 0 Å². The summed E-state index contributed by atoms with van der Waals surface area (Å²) >= 11 is 0. The number of rotatable bonds is 4. The Morgan fingerprint density at radius 3 is 2.71 bits per heavy atom. The Morgan fingerprint density at radius 2 is 1.95 bits per heavy atom. The third-order valence-electron chi connectivity index (χ3n) is 3.78. The molecule has 3 rings (SSSR count). The molecule has 21 heavy (non-hydrogen) atoms. The van der Waals surface area contributed by atoms with Crippen molar-refractivity contribution in [2.45, 2.75) is 26.8 Å². The highest BCUT2D eigenvalue weighted by molar-refractivity contribution is 5.82. The van der Waals surface area contributed by atoms with Gasteiger partial charge in [0.2, 0.25) is 0 Å². The van der Waals surface area contributed by atoms with Crippen LogP contribution in [0.15, 0.2) is 46.9 Å². The fourth-order valence-corrected chi connectivity index (χ4v) is 2.54. The maximum Gasteiger partial charge on any atom is 0.134 e. The van der Waals surface area contributed by atoms with E-state index in [0.717, 1.165) is 34.4 Å². The highest BCUT2D eigenvalue weighted by Crippen LogP contribution is 2.28. The first-order valence-electron chi connectivity index (χ1n) is 7.22. The van der Waals surface area contributed by atoms with Crippen LogP contribution in [0.4, 0.5) is 5.69 Å². The van der Waals surface area contributed by atoms with Gasteiger partial charge in [-0.25, -0.2) is 0 Å². The van der Waals surface area contributed by atoms with Crippen molar-refractivity contribution in [3.8, 4) is 5.75 Å². The van der Waals surface area contributed by atoms with Gasteiger partial charge in [0.15, 0.2) is 0 Å². The summed E-state index contributed by atoms with van der Waals surface area (Å²) in [6.07, 6.45) is 0.866. The fourth-order valence-electron chi connectivity index (χ4n) is 2.54. The lowest BCUT2D eigenvalue weighted by Gasteiger charge is -2.08. The first-order valence-corrected chi connectivity index (χ1v) is 7.22. The monoisotopic (exact) mass is 281 g/mol. The third kappa shape index (κ3) is 2.59. The van der Waals surface area contributed by atoms with Crippen LogP contribution in [0.5, 0.6) is 5.75 Å². The molecular weight excluding hydrogens is 262 g/mol. The number of furan rings is 1. The highest BCUT2D eigenvalue weighted by Gasteiger charge is 2.12. The second-order valence-electron chi connectivity index (χ2n) is 5.21. The van der Waals surface area contributed by atoms with Gasteiger partial charge in [0.05, 0.1) is 0 Å². The van der Waals surface area contributed by atoms with E-state index in [2.05, 4.69) is 18.3 Å². The molecule has 0 atom stereocenters. The Hall–Kier alpha value is -2.42. The molecular formula is C18H19NO2. The van der Waals surface area contributed by atoms with E-state index in [-0.39, 0.29) is 0 Å². The van der Waals surface area contributed by atoms with Gasteiger partial charge >= 0.3 is 0 Å². The second-order valence-corrected chi connectivity index (χ2v) is 5.21. The van der Waals surface area contributed by atoms with E-state index in [1.54, 1.807) is 6.07 Å². The maximum absolute atomic E-state index is 9.77. The topological polar surface area (TPSA) is 45.4 Å². The second kappa shape index (κ2) is 5.52. The summed E-state index contributed by atoms with van der Waals surface area (Å²) in [6, 6.07) is 13.7. The SMILES string of the molecule is CCc1oc2ccccc2c1CNc1ccc(C)c(O)c1. The Morgan fingerprint density at radius 1 is 1.14 bits per heavy atom. The number of fused-ring (bicyclic) bond motifs is 1. The molecule has 0 radical (unpaired) electrons. The lowest BCUT2D eigenvalue weighted by Crippen LogP contribution is -2.01. The molecule has 0 unspecified atom stereocenters. The molecule has 2 aromatic carbocycles. The minimum atomic E-state index is 0.313. The van der Waals surface area contributed by atoms with Crippen LogP contribution in [0.1, 0.15) is 23.8 Å². The van der Waals surface area contributed by atoms with Crippen molar-refractivity contribution in [1.29, 1.82) is 0 Å². The Kier molecular flexibility index (Phi) is 3.57. The van der Waals surface area contributed by atoms with E-state index in [9.17, 15) is 5.11 Å². The van der Waals surface area contributed by atoms with E-state index < -0.39 is 0 Å². The van der Waals surface area contributed by atoms with Gasteiger partial charge in [0, 0.05) is 35.7 Å². The van der Waals surface area contributed by atoms with E-state index in [1.807, 2.05) is 37.3 Å². The van der Waals surface area contributed by atoms with Crippen LogP contribution in [0.25, 0.3) is 11.0 Å². The zero-order valence-corrected chi connectivity index (χ0v) is 12.3. The summed E-state index contributed by atoms with van der Waals surface area (Å²) in [5, 5.41) is 14.3. The molecule has 2 N–H and O–H groups in total. The first kappa shape index (κ1) is 13.6. The Bertz CT molecular complexity index is 774. The quantitative estimate of drug-likeness (QED) is 0.733. The van der Waals surface area contributed by atoms with Crippen molar-refractivity contribution in [3.63, 3.8) is 0 Å². The number of anilines is 1. The van der Waals surface area contributed by atoms with Gasteiger partial charge in [-0.2, -0.15) is 0 Å². The van der Waals surface area contributed by atoms with Gasteiger partial charge in [0.1, 0.15) is 17.1 Å². The van der Waals surface area contributed by atoms with Crippen molar-refractivity contribution < 1.29 is 9.52 Å². The van der Waals surface area contributed by atoms with E-state index in [4.69, 9.17) is 4.42 Å². The maximum atomic E-state index is 9.77. The molecule has 0 aliphatic carbocycles. The molecule has 0 saturated carbocycles. The van der Waals surface area contributed by atoms with Gasteiger partial charge in [-0.05, 0) is 24.6 Å². The van der Waals surface area contributed by atoms with Crippen molar-refractivity contribution in [1.82, 2.24) is 0 Å². The zero-order valence-electron chi connectivity index (χ0n) is 12.3. The predicted octanol–water partition coefficient (Wildman–Crippen LogP) is 4.62. The van der Waals surface area contributed by atoms with Gasteiger partial charge in [-0.15, -0.1) is 0 Å². The molecule has 0 saturated heterocycles. The number of aromatic hydroxyl groups is 1. The molecule has 0 aliphatic heterocycles. The number of hydrogen-bond acceptors (Lipinski definition) is 3. The van der Waals surface area contributed by atoms with Crippen LogP contribution in [0, 0.1) is 6.92 Å². The minimum Gasteiger partial charge on any atom is -0.508 e. The molecule has 0 aliphatic rings. The average Bonchev–Trinajstić information content (AvgIpc) is 2.86. The number of phenolic OH excluding ortho intramolecular Hbond substituents is 1. The summed E-state index contributed by atoms with van der Waals surface area (Å²) < 4.78 is 5.89. The number of phenols is 1. The fraction of sp³-hybridized carbons (Fsp3) is 0.222. The highest BCUT2D eigenvalue weighted by atomic mass is 16.3. The Labute approximate surface area is 124 Å². The van der Waals surface area contributed by atoms with Gasteiger partial charge < -0.3 is 14.8 Å². The number of benzene rings is 2. The van der Waals surface area contributed by atoms with E-state index in [0.29, 0.717) is 12.3 Å². The molecule has 1 aromatic heterocycles. The summed E-state index contributed by atoms with van der Waals surface area (Å²) in [6.45, 7) is 4.67. The number of para-hydroxylation sites is 1. The van der Waals surface area contributed by atoms with Crippen LogP contribution in [0.2, 0.25) is 0 Å². The van der Waals surface area contributed by atoms with E-state index >= 15 is 0 Å². The molecule has 1 heterocycles. The van der Waals surface area contributed by atoms with Crippen LogP contribution in [-0.4, -0.2) is 5.11 Å². The van der Waals surface area contributed by atoms with E-state index in [1.165, 1.54) is 5.56 Å². The largest absolute Gasteiger partial charge is 0.508 e. The molecule has 0 amide bonds. The number of nitrogens with one attached hydrogen (secondary N) is 1. The standard InChI is InChI=1S/C18H19NO2/c1-3-17-15(14-6-4-5-7-18(14)21-17)11-19-13-9-8-12(2)16(20)10-13/h4-10,19-20H,3,11H2,1-2H3. The van der Waals surface area contributed by atoms with Gasteiger partial charge in [0.25, 0.3) is 0 Å². The van der Waals surface area contributed by atoms with Crippen molar-refractivity contribution in [2.75, 3.05) is 5.32 Å². The normalized spacial score (nSPS) is 11.0. The molecule has 0 bridgehead atoms.